The first-order valence-electron chi connectivity index (χ1n) is 13.1. The van der Waals surface area contributed by atoms with Crippen molar-refractivity contribution in [2.24, 2.45) is 0 Å². The molecule has 0 atom stereocenters. The van der Waals surface area contributed by atoms with Gasteiger partial charge in [0.2, 0.25) is 5.10 Å². The summed E-state index contributed by atoms with van der Waals surface area (Å²) in [5, 5.41) is 50.2. The van der Waals surface area contributed by atoms with Gasteiger partial charge in [-0.05, 0) is 70.0 Å². The summed E-state index contributed by atoms with van der Waals surface area (Å²) in [5.74, 6) is -1.52. The van der Waals surface area contributed by atoms with E-state index in [0.717, 1.165) is 5.56 Å². The van der Waals surface area contributed by atoms with E-state index in [2.05, 4.69) is 25.8 Å². The SMILES string of the molecule is CC(C)(C)OC(=O)CNc1n[n+]([O-])c2cc(CCC(C)(C)OC(=O)CNc3nc4ccccc4[n+]([O-])n3)ccc2[n+]1[O-]. The Balaban J connectivity index is 1.34. The lowest BCUT2D eigenvalue weighted by Crippen LogP contribution is -2.45. The molecule has 15 heteroatoms. The Bertz CT molecular complexity index is 1640. The van der Waals surface area contributed by atoms with Crippen molar-refractivity contribution in [3.63, 3.8) is 0 Å². The van der Waals surface area contributed by atoms with E-state index in [1.165, 1.54) is 12.1 Å². The molecule has 0 saturated heterocycles. The van der Waals surface area contributed by atoms with E-state index < -0.39 is 23.1 Å². The maximum Gasteiger partial charge on any atom is 0.461 e. The second-order valence-corrected chi connectivity index (χ2v) is 11.1. The molecule has 42 heavy (non-hydrogen) atoms. The number of fused-ring (bicyclic) bond motifs is 2. The molecule has 0 saturated carbocycles. The number of ether oxygens (including phenoxy) is 2. The molecule has 0 aliphatic carbocycles. The Kier molecular flexibility index (Phi) is 8.40. The largest absolute Gasteiger partial charge is 0.739 e. The lowest BCUT2D eigenvalue weighted by molar-refractivity contribution is -0.672. The molecule has 4 aromatic rings. The number of nitrogens with one attached hydrogen (secondary N) is 2. The highest BCUT2D eigenvalue weighted by Crippen LogP contribution is 2.20. The average Bonchev–Trinajstić information content (AvgIpc) is 2.91. The number of benzene rings is 2. The van der Waals surface area contributed by atoms with Crippen LogP contribution in [0.1, 0.15) is 46.6 Å². The average molecular weight is 581 g/mol. The van der Waals surface area contributed by atoms with Gasteiger partial charge < -0.3 is 30.4 Å². The number of aryl methyl sites for hydroxylation is 1. The van der Waals surface area contributed by atoms with Crippen molar-refractivity contribution < 1.29 is 33.5 Å². The van der Waals surface area contributed by atoms with Gasteiger partial charge in [-0.3, -0.25) is 10.1 Å². The number of hydrogen-bond acceptors (Lipinski definition) is 12. The fraction of sp³-hybridized carbons (Fsp3) is 0.407. The number of para-hydroxylation sites is 2. The maximum absolute atomic E-state index is 12.8. The molecule has 0 unspecified atom stereocenters. The third-order valence-electron chi connectivity index (χ3n) is 5.95. The van der Waals surface area contributed by atoms with Crippen molar-refractivity contribution in [2.45, 2.75) is 58.7 Å². The normalized spacial score (nSPS) is 11.8. The lowest BCUT2D eigenvalue weighted by atomic mass is 9.98. The second-order valence-electron chi connectivity index (χ2n) is 11.1. The van der Waals surface area contributed by atoms with Crippen LogP contribution in [0.4, 0.5) is 11.9 Å². The number of rotatable bonds is 10. The van der Waals surface area contributed by atoms with E-state index in [1.54, 1.807) is 65.0 Å². The van der Waals surface area contributed by atoms with Gasteiger partial charge >= 0.3 is 17.9 Å². The Morgan fingerprint density at radius 1 is 0.833 bits per heavy atom. The monoisotopic (exact) mass is 580 g/mol. The summed E-state index contributed by atoms with van der Waals surface area (Å²) in [6, 6.07) is 11.4. The van der Waals surface area contributed by atoms with Gasteiger partial charge in [-0.15, -0.1) is 0 Å². The van der Waals surface area contributed by atoms with E-state index in [1.807, 2.05) is 0 Å². The Morgan fingerprint density at radius 3 is 2.24 bits per heavy atom. The molecule has 15 nitrogen and oxygen atoms in total. The third-order valence-corrected chi connectivity index (χ3v) is 5.95. The van der Waals surface area contributed by atoms with E-state index in [9.17, 15) is 25.2 Å². The van der Waals surface area contributed by atoms with Crippen molar-refractivity contribution in [1.82, 2.24) is 15.2 Å². The predicted octanol–water partition coefficient (Wildman–Crippen LogP) is 1.20. The molecule has 4 rings (SSSR count). The zero-order valence-electron chi connectivity index (χ0n) is 23.9. The molecule has 0 bridgehead atoms. The van der Waals surface area contributed by atoms with Crippen molar-refractivity contribution >= 4 is 45.9 Å². The first-order valence-corrected chi connectivity index (χ1v) is 13.1. The summed E-state index contributed by atoms with van der Waals surface area (Å²) in [6.07, 6.45) is 0.821. The molecule has 222 valence electrons. The highest BCUT2D eigenvalue weighted by Gasteiger charge is 2.26. The number of esters is 2. The molecule has 2 aromatic carbocycles. The van der Waals surface area contributed by atoms with Crippen LogP contribution in [0.3, 0.4) is 0 Å². The molecule has 0 amide bonds. The van der Waals surface area contributed by atoms with Crippen LogP contribution < -0.4 is 25.1 Å². The number of anilines is 2. The highest BCUT2D eigenvalue weighted by atomic mass is 16.6. The van der Waals surface area contributed by atoms with Gasteiger partial charge in [-0.25, -0.2) is 14.5 Å². The zero-order chi connectivity index (χ0) is 30.7. The summed E-state index contributed by atoms with van der Waals surface area (Å²) in [5.41, 5.74) is -0.0291. The minimum atomic E-state index is -0.879. The molecular formula is C27H32N8O7. The number of hydrogen-bond donors (Lipinski definition) is 2. The Hall–Kier alpha value is -5.08. The molecule has 2 N–H and O–H groups in total. The number of carbonyl (C=O) groups excluding carboxylic acids is 2. The molecule has 2 aromatic heterocycles. The van der Waals surface area contributed by atoms with Gasteiger partial charge in [0.1, 0.15) is 23.3 Å². The standard InChI is InChI=1S/C27H32N8O7/c1-26(2,3)41-22(36)16-29-25-32-35(40)21-14-17(10-11-20(21)33(25)38)12-13-27(4,5)42-23(37)15-28-24-30-18-8-6-7-9-19(18)34(39)31-24/h6-11,14H,12-13,15-16H2,1-5H3,(H,29,32)(H,28,30,31). The molecular weight excluding hydrogens is 548 g/mol. The van der Waals surface area contributed by atoms with Crippen molar-refractivity contribution in [3.8, 4) is 0 Å². The third kappa shape index (κ3) is 7.56. The van der Waals surface area contributed by atoms with Gasteiger partial charge in [0.15, 0.2) is 12.1 Å². The summed E-state index contributed by atoms with van der Waals surface area (Å²) >= 11 is 0. The Morgan fingerprint density at radius 2 is 1.50 bits per heavy atom. The van der Waals surface area contributed by atoms with E-state index >= 15 is 0 Å². The molecule has 0 aliphatic heterocycles. The summed E-state index contributed by atoms with van der Waals surface area (Å²) in [6.45, 7) is 8.03. The molecule has 0 spiro atoms. The van der Waals surface area contributed by atoms with Crippen LogP contribution >= 0.6 is 0 Å². The van der Waals surface area contributed by atoms with Crippen LogP contribution in [0.15, 0.2) is 42.5 Å². The van der Waals surface area contributed by atoms with Crippen LogP contribution in [0, 0.1) is 15.6 Å². The van der Waals surface area contributed by atoms with Crippen LogP contribution in [0.5, 0.6) is 0 Å². The van der Waals surface area contributed by atoms with E-state index in [4.69, 9.17) is 9.47 Å². The van der Waals surface area contributed by atoms with Crippen molar-refractivity contribution in [3.05, 3.63) is 63.6 Å². The Labute approximate surface area is 240 Å². The quantitative estimate of drug-likeness (QED) is 0.155. The van der Waals surface area contributed by atoms with Crippen LogP contribution in [0.2, 0.25) is 0 Å². The minimum absolute atomic E-state index is 0.00652. The highest BCUT2D eigenvalue weighted by molar-refractivity contribution is 5.76. The van der Waals surface area contributed by atoms with Crippen LogP contribution in [0.25, 0.3) is 22.1 Å². The summed E-state index contributed by atoms with van der Waals surface area (Å²) in [7, 11) is 0. The molecule has 0 radical (unpaired) electrons. The first-order chi connectivity index (χ1) is 19.7. The lowest BCUT2D eigenvalue weighted by Gasteiger charge is -2.25. The van der Waals surface area contributed by atoms with Gasteiger partial charge in [-0.2, -0.15) is 0 Å². The van der Waals surface area contributed by atoms with E-state index in [0.29, 0.717) is 38.3 Å². The smallest absolute Gasteiger partial charge is 0.461 e. The fourth-order valence-corrected chi connectivity index (χ4v) is 4.04. The van der Waals surface area contributed by atoms with Gasteiger partial charge in [0.25, 0.3) is 17.0 Å². The number of carbonyl (C=O) groups is 2. The van der Waals surface area contributed by atoms with Gasteiger partial charge in [0.05, 0.1) is 5.10 Å². The zero-order valence-corrected chi connectivity index (χ0v) is 23.9. The van der Waals surface area contributed by atoms with E-state index in [-0.39, 0.29) is 36.0 Å². The fourth-order valence-electron chi connectivity index (χ4n) is 4.04. The second kappa shape index (κ2) is 11.8. The first kappa shape index (κ1) is 29.9. The summed E-state index contributed by atoms with van der Waals surface area (Å²) < 4.78 is 11.2. The summed E-state index contributed by atoms with van der Waals surface area (Å²) in [4.78, 5) is 29.4. The minimum Gasteiger partial charge on any atom is -0.739 e. The molecule has 0 aliphatic rings. The predicted molar refractivity (Wildman–Crippen MR) is 149 cm³/mol. The van der Waals surface area contributed by atoms with Gasteiger partial charge in [0, 0.05) is 17.0 Å². The van der Waals surface area contributed by atoms with Crippen LogP contribution in [-0.2, 0) is 25.5 Å². The number of aromatic nitrogens is 6. The van der Waals surface area contributed by atoms with Gasteiger partial charge in [-0.1, -0.05) is 18.2 Å². The number of nitrogens with zero attached hydrogens (tertiary/aromatic N) is 6. The van der Waals surface area contributed by atoms with Crippen molar-refractivity contribution in [2.75, 3.05) is 23.7 Å². The topological polar surface area (TPSA) is 196 Å². The van der Waals surface area contributed by atoms with Crippen molar-refractivity contribution in [1.29, 1.82) is 0 Å². The molecule has 0 fully saturated rings. The molecule has 2 heterocycles. The van der Waals surface area contributed by atoms with Crippen LogP contribution in [-0.4, -0.2) is 51.4 Å². The maximum atomic E-state index is 12.8.